The lowest BCUT2D eigenvalue weighted by Gasteiger charge is -2.10. The summed E-state index contributed by atoms with van der Waals surface area (Å²) in [4.78, 5) is 22.8. The Morgan fingerprint density at radius 3 is 2.47 bits per heavy atom. The number of carbonyl (C=O) groups excluding carboxylic acids is 2. The summed E-state index contributed by atoms with van der Waals surface area (Å²) in [7, 11) is 1.32. The Labute approximate surface area is 110 Å². The van der Waals surface area contributed by atoms with E-state index in [9.17, 15) is 9.59 Å². The first-order valence-corrected chi connectivity index (χ1v) is 5.83. The zero-order valence-corrected chi connectivity index (χ0v) is 11.0. The number of esters is 2. The third-order valence-electron chi connectivity index (χ3n) is 2.85. The van der Waals surface area contributed by atoms with E-state index in [1.807, 2.05) is 25.1 Å². The number of aryl methyl sites for hydroxylation is 1. The molecule has 0 N–H and O–H groups in total. The summed E-state index contributed by atoms with van der Waals surface area (Å²) >= 11 is 0. The maximum Gasteiger partial charge on any atom is 0.338 e. The first kappa shape index (κ1) is 13.1. The van der Waals surface area contributed by atoms with Crippen molar-refractivity contribution in [3.63, 3.8) is 0 Å². The molecule has 0 spiro atoms. The molecule has 4 nitrogen and oxygen atoms in total. The SMILES string of the molecule is COC(=O)c1cc(OC(C)=O)c2cccc(C)c2c1. The molecule has 0 radical (unpaired) electrons. The van der Waals surface area contributed by atoms with Gasteiger partial charge in [-0.1, -0.05) is 18.2 Å². The van der Waals surface area contributed by atoms with E-state index in [0.29, 0.717) is 11.3 Å². The molecular formula is C15H14O4. The molecule has 0 unspecified atom stereocenters. The zero-order valence-electron chi connectivity index (χ0n) is 11.0. The molecule has 2 aromatic carbocycles. The average molecular weight is 258 g/mol. The Balaban J connectivity index is 2.72. The molecule has 2 aromatic rings. The lowest BCUT2D eigenvalue weighted by molar-refractivity contribution is -0.131. The Bertz CT molecular complexity index is 658. The molecule has 2 rings (SSSR count). The number of ether oxygens (including phenoxy) is 2. The molecule has 0 fully saturated rings. The summed E-state index contributed by atoms with van der Waals surface area (Å²) < 4.78 is 9.88. The molecule has 19 heavy (non-hydrogen) atoms. The Hall–Kier alpha value is -2.36. The van der Waals surface area contributed by atoms with E-state index in [2.05, 4.69) is 0 Å². The highest BCUT2D eigenvalue weighted by molar-refractivity contribution is 6.00. The maximum atomic E-state index is 11.6. The molecule has 98 valence electrons. The highest BCUT2D eigenvalue weighted by atomic mass is 16.5. The number of hydrogen-bond donors (Lipinski definition) is 0. The van der Waals surface area contributed by atoms with Crippen LogP contribution in [0, 0.1) is 6.92 Å². The Morgan fingerprint density at radius 2 is 1.84 bits per heavy atom. The van der Waals surface area contributed by atoms with Crippen molar-refractivity contribution in [2.24, 2.45) is 0 Å². The standard InChI is InChI=1S/C15H14O4/c1-9-5-4-6-12-13(9)7-11(15(17)18-3)8-14(12)19-10(2)16/h4-8H,1-3H3. The molecule has 0 aromatic heterocycles. The lowest BCUT2D eigenvalue weighted by atomic mass is 10.0. The van der Waals surface area contributed by atoms with Crippen LogP contribution in [0.3, 0.4) is 0 Å². The molecule has 0 amide bonds. The molecule has 0 saturated heterocycles. The third kappa shape index (κ3) is 2.57. The van der Waals surface area contributed by atoms with Gasteiger partial charge in [-0.05, 0) is 30.0 Å². The van der Waals surface area contributed by atoms with Gasteiger partial charge in [0, 0.05) is 12.3 Å². The topological polar surface area (TPSA) is 52.6 Å². The summed E-state index contributed by atoms with van der Waals surface area (Å²) in [5.74, 6) is -0.516. The minimum atomic E-state index is -0.460. The van der Waals surface area contributed by atoms with Crippen molar-refractivity contribution in [2.45, 2.75) is 13.8 Å². The molecule has 0 heterocycles. The second-order valence-corrected chi connectivity index (χ2v) is 4.23. The fourth-order valence-corrected chi connectivity index (χ4v) is 1.98. The van der Waals surface area contributed by atoms with Crippen LogP contribution in [0.5, 0.6) is 5.75 Å². The molecule has 0 aliphatic rings. The highest BCUT2D eigenvalue weighted by Gasteiger charge is 2.13. The number of hydrogen-bond acceptors (Lipinski definition) is 4. The van der Waals surface area contributed by atoms with Crippen molar-refractivity contribution >= 4 is 22.7 Å². The van der Waals surface area contributed by atoms with Crippen LogP contribution in [-0.2, 0) is 9.53 Å². The van der Waals surface area contributed by atoms with E-state index in [0.717, 1.165) is 16.3 Å². The fraction of sp³-hybridized carbons (Fsp3) is 0.200. The number of rotatable bonds is 2. The Kier molecular flexibility index (Phi) is 3.51. The van der Waals surface area contributed by atoms with Gasteiger partial charge >= 0.3 is 11.9 Å². The first-order chi connectivity index (χ1) is 9.02. The molecule has 0 aliphatic carbocycles. The van der Waals surface area contributed by atoms with Crippen LogP contribution < -0.4 is 4.74 Å². The van der Waals surface area contributed by atoms with E-state index >= 15 is 0 Å². The fourth-order valence-electron chi connectivity index (χ4n) is 1.98. The van der Waals surface area contributed by atoms with E-state index in [-0.39, 0.29) is 0 Å². The molecule has 0 saturated carbocycles. The van der Waals surface area contributed by atoms with Crippen LogP contribution >= 0.6 is 0 Å². The highest BCUT2D eigenvalue weighted by Crippen LogP contribution is 2.30. The minimum absolute atomic E-state index is 0.362. The summed E-state index contributed by atoms with van der Waals surface area (Å²) in [5, 5.41) is 1.66. The molecule has 4 heteroatoms. The van der Waals surface area contributed by atoms with Crippen molar-refractivity contribution in [2.75, 3.05) is 7.11 Å². The second-order valence-electron chi connectivity index (χ2n) is 4.23. The van der Waals surface area contributed by atoms with Gasteiger partial charge in [-0.25, -0.2) is 4.79 Å². The molecule has 0 atom stereocenters. The minimum Gasteiger partial charge on any atom is -0.465 e. The predicted molar refractivity (Wildman–Crippen MR) is 71.3 cm³/mol. The quantitative estimate of drug-likeness (QED) is 0.614. The number of benzene rings is 2. The number of fused-ring (bicyclic) bond motifs is 1. The van der Waals surface area contributed by atoms with Gasteiger partial charge < -0.3 is 9.47 Å². The first-order valence-electron chi connectivity index (χ1n) is 5.83. The Morgan fingerprint density at radius 1 is 1.11 bits per heavy atom. The van der Waals surface area contributed by atoms with Crippen LogP contribution in [0.4, 0.5) is 0 Å². The van der Waals surface area contributed by atoms with Gasteiger partial charge in [-0.15, -0.1) is 0 Å². The predicted octanol–water partition coefficient (Wildman–Crippen LogP) is 2.86. The van der Waals surface area contributed by atoms with Gasteiger partial charge in [0.15, 0.2) is 0 Å². The van der Waals surface area contributed by atoms with Gasteiger partial charge in [-0.3, -0.25) is 4.79 Å². The van der Waals surface area contributed by atoms with Gasteiger partial charge in [0.1, 0.15) is 5.75 Å². The molecule has 0 bridgehead atoms. The van der Waals surface area contributed by atoms with Gasteiger partial charge in [0.2, 0.25) is 0 Å². The summed E-state index contributed by atoms with van der Waals surface area (Å²) in [6.07, 6.45) is 0. The maximum absolute atomic E-state index is 11.6. The third-order valence-corrected chi connectivity index (χ3v) is 2.85. The second kappa shape index (κ2) is 5.10. The monoisotopic (exact) mass is 258 g/mol. The van der Waals surface area contributed by atoms with Crippen LogP contribution in [0.1, 0.15) is 22.8 Å². The summed E-state index contributed by atoms with van der Waals surface area (Å²) in [6.45, 7) is 3.26. The zero-order chi connectivity index (χ0) is 14.0. The molecular weight excluding hydrogens is 244 g/mol. The number of carbonyl (C=O) groups is 2. The largest absolute Gasteiger partial charge is 0.465 e. The summed E-state index contributed by atoms with van der Waals surface area (Å²) in [5.41, 5.74) is 1.36. The van der Waals surface area contributed by atoms with Gasteiger partial charge in [0.05, 0.1) is 12.7 Å². The normalized spacial score (nSPS) is 10.3. The van der Waals surface area contributed by atoms with Crippen LogP contribution in [0.15, 0.2) is 30.3 Å². The van der Waals surface area contributed by atoms with E-state index in [1.165, 1.54) is 20.1 Å². The van der Waals surface area contributed by atoms with E-state index in [1.54, 1.807) is 6.07 Å². The van der Waals surface area contributed by atoms with Crippen LogP contribution in [0.2, 0.25) is 0 Å². The van der Waals surface area contributed by atoms with Crippen LogP contribution in [-0.4, -0.2) is 19.0 Å². The number of methoxy groups -OCH3 is 1. The molecule has 0 aliphatic heterocycles. The lowest BCUT2D eigenvalue weighted by Crippen LogP contribution is -2.06. The van der Waals surface area contributed by atoms with Crippen molar-refractivity contribution in [3.05, 3.63) is 41.5 Å². The van der Waals surface area contributed by atoms with Crippen molar-refractivity contribution in [1.29, 1.82) is 0 Å². The van der Waals surface area contributed by atoms with Gasteiger partial charge in [0.25, 0.3) is 0 Å². The summed E-state index contributed by atoms with van der Waals surface area (Å²) in [6, 6.07) is 8.92. The smallest absolute Gasteiger partial charge is 0.338 e. The van der Waals surface area contributed by atoms with Crippen molar-refractivity contribution in [1.82, 2.24) is 0 Å². The van der Waals surface area contributed by atoms with E-state index < -0.39 is 11.9 Å². The van der Waals surface area contributed by atoms with Crippen molar-refractivity contribution < 1.29 is 19.1 Å². The van der Waals surface area contributed by atoms with E-state index in [4.69, 9.17) is 9.47 Å². The van der Waals surface area contributed by atoms with Crippen LogP contribution in [0.25, 0.3) is 10.8 Å². The van der Waals surface area contributed by atoms with Gasteiger partial charge in [-0.2, -0.15) is 0 Å². The van der Waals surface area contributed by atoms with Crippen molar-refractivity contribution in [3.8, 4) is 5.75 Å². The average Bonchev–Trinajstić information content (AvgIpc) is 2.38.